The Kier molecular flexibility index (Phi) is 5.46. The number of ether oxygens (including phenoxy) is 1. The molecule has 1 aromatic heterocycles. The molecule has 0 fully saturated rings. The molecule has 0 aliphatic carbocycles. The van der Waals surface area contributed by atoms with Gasteiger partial charge in [-0.3, -0.25) is 4.79 Å². The standard InChI is InChI=1S/C22H23N3O2/c1-5-12-25-19-9-7-6-8-18(19)24-22(25)17(4)23-21(26)14-27-20-13-15(2)10-11-16(20)3/h1,6-11,13,17H,12,14H2,2-4H3,(H,23,26). The molecule has 1 atom stereocenters. The highest BCUT2D eigenvalue weighted by atomic mass is 16.5. The van der Waals surface area contributed by atoms with Crippen LogP contribution in [0.2, 0.25) is 0 Å². The van der Waals surface area contributed by atoms with E-state index in [-0.39, 0.29) is 18.6 Å². The van der Waals surface area contributed by atoms with Gasteiger partial charge in [-0.15, -0.1) is 6.42 Å². The normalized spacial score (nSPS) is 11.8. The van der Waals surface area contributed by atoms with Crippen molar-refractivity contribution in [2.24, 2.45) is 0 Å². The molecule has 5 heteroatoms. The fourth-order valence-corrected chi connectivity index (χ4v) is 3.04. The van der Waals surface area contributed by atoms with Crippen LogP contribution in [0.5, 0.6) is 5.75 Å². The molecule has 5 nitrogen and oxygen atoms in total. The Bertz CT molecular complexity index is 1010. The van der Waals surface area contributed by atoms with Crippen molar-refractivity contribution in [2.75, 3.05) is 6.61 Å². The van der Waals surface area contributed by atoms with Crippen LogP contribution in [0.15, 0.2) is 42.5 Å². The SMILES string of the molecule is C#CCn1c(C(C)NC(=O)COc2cc(C)ccc2C)nc2ccccc21. The number of amides is 1. The Hall–Kier alpha value is -3.26. The number of terminal acetylenes is 1. The highest BCUT2D eigenvalue weighted by Gasteiger charge is 2.18. The number of rotatable bonds is 6. The zero-order valence-corrected chi connectivity index (χ0v) is 15.8. The third-order valence-corrected chi connectivity index (χ3v) is 4.40. The van der Waals surface area contributed by atoms with Crippen molar-refractivity contribution in [3.05, 3.63) is 59.4 Å². The lowest BCUT2D eigenvalue weighted by Crippen LogP contribution is -2.32. The number of aromatic nitrogens is 2. The van der Waals surface area contributed by atoms with Gasteiger partial charge in [0, 0.05) is 0 Å². The van der Waals surface area contributed by atoms with Crippen LogP contribution in [-0.2, 0) is 11.3 Å². The van der Waals surface area contributed by atoms with Crippen molar-refractivity contribution in [1.29, 1.82) is 0 Å². The molecule has 0 spiro atoms. The number of para-hydroxylation sites is 2. The first-order valence-corrected chi connectivity index (χ1v) is 8.87. The minimum absolute atomic E-state index is 0.0516. The first-order chi connectivity index (χ1) is 13.0. The molecule has 138 valence electrons. The number of hydrogen-bond donors (Lipinski definition) is 1. The van der Waals surface area contributed by atoms with Crippen molar-refractivity contribution in [3.63, 3.8) is 0 Å². The summed E-state index contributed by atoms with van der Waals surface area (Å²) < 4.78 is 7.63. The van der Waals surface area contributed by atoms with E-state index >= 15 is 0 Å². The van der Waals surface area contributed by atoms with Crippen LogP contribution in [0.4, 0.5) is 0 Å². The van der Waals surface area contributed by atoms with E-state index in [0.29, 0.717) is 6.54 Å². The summed E-state index contributed by atoms with van der Waals surface area (Å²) in [5.41, 5.74) is 3.90. The second kappa shape index (κ2) is 7.96. The Balaban J connectivity index is 1.71. The van der Waals surface area contributed by atoms with E-state index in [1.54, 1.807) is 0 Å². The van der Waals surface area contributed by atoms with E-state index in [9.17, 15) is 4.79 Å². The third-order valence-electron chi connectivity index (χ3n) is 4.40. The molecule has 1 N–H and O–H groups in total. The van der Waals surface area contributed by atoms with E-state index in [4.69, 9.17) is 11.2 Å². The van der Waals surface area contributed by atoms with Crippen LogP contribution in [0, 0.1) is 26.2 Å². The molecule has 0 saturated carbocycles. The predicted molar refractivity (Wildman–Crippen MR) is 107 cm³/mol. The van der Waals surface area contributed by atoms with Crippen LogP contribution in [0.3, 0.4) is 0 Å². The number of carbonyl (C=O) groups is 1. The third kappa shape index (κ3) is 4.12. The summed E-state index contributed by atoms with van der Waals surface area (Å²) in [4.78, 5) is 17.0. The van der Waals surface area contributed by atoms with Gasteiger partial charge in [-0.25, -0.2) is 4.98 Å². The molecule has 0 aliphatic heterocycles. The van der Waals surface area contributed by atoms with E-state index in [2.05, 4.69) is 16.2 Å². The zero-order valence-electron chi connectivity index (χ0n) is 15.8. The number of aryl methyl sites for hydroxylation is 2. The van der Waals surface area contributed by atoms with Crippen LogP contribution in [0.25, 0.3) is 11.0 Å². The summed E-state index contributed by atoms with van der Waals surface area (Å²) in [6.45, 7) is 6.19. The molecule has 1 amide bonds. The number of benzene rings is 2. The van der Waals surface area contributed by atoms with Crippen molar-refractivity contribution >= 4 is 16.9 Å². The Morgan fingerprint density at radius 1 is 1.30 bits per heavy atom. The smallest absolute Gasteiger partial charge is 0.258 e. The van der Waals surface area contributed by atoms with Gasteiger partial charge in [-0.2, -0.15) is 0 Å². The van der Waals surface area contributed by atoms with Crippen LogP contribution < -0.4 is 10.1 Å². The van der Waals surface area contributed by atoms with Gasteiger partial charge < -0.3 is 14.6 Å². The lowest BCUT2D eigenvalue weighted by Gasteiger charge is -2.16. The molecule has 1 heterocycles. The van der Waals surface area contributed by atoms with Crippen LogP contribution in [-0.4, -0.2) is 22.1 Å². The minimum Gasteiger partial charge on any atom is -0.483 e. The van der Waals surface area contributed by atoms with Gasteiger partial charge in [0.2, 0.25) is 0 Å². The van der Waals surface area contributed by atoms with Crippen molar-refractivity contribution in [2.45, 2.75) is 33.4 Å². The van der Waals surface area contributed by atoms with Gasteiger partial charge in [0.15, 0.2) is 6.61 Å². The van der Waals surface area contributed by atoms with Crippen LogP contribution in [0.1, 0.15) is 29.9 Å². The zero-order chi connectivity index (χ0) is 19.4. The molecule has 0 bridgehead atoms. The number of fused-ring (bicyclic) bond motifs is 1. The second-order valence-electron chi connectivity index (χ2n) is 6.60. The summed E-state index contributed by atoms with van der Waals surface area (Å²) in [5, 5.41) is 2.94. The van der Waals surface area contributed by atoms with E-state index in [0.717, 1.165) is 33.7 Å². The minimum atomic E-state index is -0.291. The largest absolute Gasteiger partial charge is 0.483 e. The highest BCUT2D eigenvalue weighted by Crippen LogP contribution is 2.21. The summed E-state index contributed by atoms with van der Waals surface area (Å²) in [6.07, 6.45) is 5.51. The van der Waals surface area contributed by atoms with Crippen LogP contribution >= 0.6 is 0 Å². The Morgan fingerprint density at radius 3 is 2.85 bits per heavy atom. The average Bonchev–Trinajstić information content (AvgIpc) is 3.02. The maximum Gasteiger partial charge on any atom is 0.258 e. The molecular formula is C22H23N3O2. The van der Waals surface area contributed by atoms with Crippen molar-refractivity contribution in [1.82, 2.24) is 14.9 Å². The lowest BCUT2D eigenvalue weighted by atomic mass is 10.1. The van der Waals surface area contributed by atoms with Gasteiger partial charge in [-0.05, 0) is 50.1 Å². The van der Waals surface area contributed by atoms with E-state index in [1.165, 1.54) is 0 Å². The first-order valence-electron chi connectivity index (χ1n) is 8.87. The van der Waals surface area contributed by atoms with Gasteiger partial charge in [0.1, 0.15) is 11.6 Å². The van der Waals surface area contributed by atoms with Crippen molar-refractivity contribution in [3.8, 4) is 18.1 Å². The maximum atomic E-state index is 12.4. The molecule has 3 rings (SSSR count). The van der Waals surface area contributed by atoms with E-state index < -0.39 is 0 Å². The van der Waals surface area contributed by atoms with E-state index in [1.807, 2.05) is 67.8 Å². The quantitative estimate of drug-likeness (QED) is 0.683. The maximum absolute atomic E-state index is 12.4. The molecule has 0 saturated heterocycles. The molecular weight excluding hydrogens is 338 g/mol. The fraction of sp³-hybridized carbons (Fsp3) is 0.273. The first kappa shape index (κ1) is 18.5. The summed E-state index contributed by atoms with van der Waals surface area (Å²) in [7, 11) is 0. The number of carbonyl (C=O) groups excluding carboxylic acids is 1. The number of nitrogens with one attached hydrogen (secondary N) is 1. The number of imidazole rings is 1. The van der Waals surface area contributed by atoms with Gasteiger partial charge in [0.25, 0.3) is 5.91 Å². The summed E-state index contributed by atoms with van der Waals surface area (Å²) in [6, 6.07) is 13.4. The topological polar surface area (TPSA) is 56.2 Å². The Labute approximate surface area is 159 Å². The monoisotopic (exact) mass is 361 g/mol. The Morgan fingerprint density at radius 2 is 2.07 bits per heavy atom. The van der Waals surface area contributed by atoms with Crippen molar-refractivity contribution < 1.29 is 9.53 Å². The van der Waals surface area contributed by atoms with Gasteiger partial charge in [0.05, 0.1) is 23.6 Å². The average molecular weight is 361 g/mol. The lowest BCUT2D eigenvalue weighted by molar-refractivity contribution is -0.123. The summed E-state index contributed by atoms with van der Waals surface area (Å²) >= 11 is 0. The molecule has 0 aliphatic rings. The molecule has 1 unspecified atom stereocenters. The molecule has 2 aromatic carbocycles. The molecule has 0 radical (unpaired) electrons. The van der Waals surface area contributed by atoms with Gasteiger partial charge >= 0.3 is 0 Å². The summed E-state index contributed by atoms with van der Waals surface area (Å²) in [5.74, 6) is 3.90. The number of nitrogens with zero attached hydrogens (tertiary/aromatic N) is 2. The molecule has 27 heavy (non-hydrogen) atoms. The number of hydrogen-bond acceptors (Lipinski definition) is 3. The molecule has 3 aromatic rings. The fourth-order valence-electron chi connectivity index (χ4n) is 3.04. The predicted octanol–water partition coefficient (Wildman–Crippen LogP) is 3.54. The second-order valence-corrected chi connectivity index (χ2v) is 6.60. The van der Waals surface area contributed by atoms with Gasteiger partial charge in [-0.1, -0.05) is 30.2 Å². The highest BCUT2D eigenvalue weighted by molar-refractivity contribution is 5.79.